The number of carbonyl (C=O) groups excluding carboxylic acids is 2. The molecule has 0 aliphatic carbocycles. The highest BCUT2D eigenvalue weighted by atomic mass is 19.4. The van der Waals surface area contributed by atoms with Gasteiger partial charge in [0.05, 0.1) is 12.2 Å². The summed E-state index contributed by atoms with van der Waals surface area (Å²) in [4.78, 5) is 25.8. The van der Waals surface area contributed by atoms with Gasteiger partial charge in [-0.1, -0.05) is 12.1 Å². The van der Waals surface area contributed by atoms with Crippen molar-refractivity contribution in [3.05, 3.63) is 53.1 Å². The van der Waals surface area contributed by atoms with Crippen molar-refractivity contribution in [1.29, 1.82) is 0 Å². The second-order valence-electron chi connectivity index (χ2n) is 7.48. The topological polar surface area (TPSA) is 93.9 Å². The molecule has 0 atom stereocenters. The van der Waals surface area contributed by atoms with Crippen molar-refractivity contribution < 1.29 is 32.2 Å². The Hall–Kier alpha value is -3.17. The van der Waals surface area contributed by atoms with Gasteiger partial charge in [-0.3, -0.25) is 9.59 Å². The molecule has 3 N–H and O–H groups in total. The number of nitrogens with one attached hydrogen (secondary N) is 1. The quantitative estimate of drug-likeness (QED) is 0.688. The second-order valence-corrected chi connectivity index (χ2v) is 7.48. The average molecular weight is 439 g/mol. The molecule has 2 aliphatic heterocycles. The van der Waals surface area contributed by atoms with E-state index in [2.05, 4.69) is 5.32 Å². The van der Waals surface area contributed by atoms with Gasteiger partial charge in [0.15, 0.2) is 6.61 Å². The maximum atomic E-state index is 13.1. The van der Waals surface area contributed by atoms with Gasteiger partial charge in [0.25, 0.3) is 5.91 Å². The molecule has 2 heterocycles. The fourth-order valence-corrected chi connectivity index (χ4v) is 3.44. The normalized spacial score (nSPS) is 18.5. The highest BCUT2D eigenvalue weighted by Crippen LogP contribution is 2.36. The molecule has 3 rings (SSSR count). The van der Waals surface area contributed by atoms with E-state index in [4.69, 9.17) is 15.2 Å². The number of halogens is 3. The Morgan fingerprint density at radius 3 is 2.68 bits per heavy atom. The van der Waals surface area contributed by atoms with Crippen molar-refractivity contribution in [2.45, 2.75) is 25.9 Å². The Balaban J connectivity index is 1.53. The molecule has 7 nitrogen and oxygen atoms in total. The van der Waals surface area contributed by atoms with E-state index in [9.17, 15) is 22.8 Å². The summed E-state index contributed by atoms with van der Waals surface area (Å²) in [6.45, 7) is 2.51. The summed E-state index contributed by atoms with van der Waals surface area (Å²) in [6, 6.07) is 5.13. The van der Waals surface area contributed by atoms with Gasteiger partial charge < -0.3 is 25.4 Å². The third-order valence-electron chi connectivity index (χ3n) is 5.17. The molecule has 31 heavy (non-hydrogen) atoms. The van der Waals surface area contributed by atoms with Crippen molar-refractivity contribution in [3.63, 3.8) is 0 Å². The Bertz CT molecular complexity index is 903. The van der Waals surface area contributed by atoms with E-state index in [1.165, 1.54) is 24.3 Å². The van der Waals surface area contributed by atoms with Gasteiger partial charge in [-0.25, -0.2) is 0 Å². The van der Waals surface area contributed by atoms with E-state index in [1.807, 2.05) is 0 Å². The number of alkyl halides is 3. The standard InChI is InChI=1S/C21H24F3N3O4/c1-13(10-16-19(25)31-12-18(28)26-16)20(29)27-8-6-14(7-9-27)11-30-17-5-3-2-4-15(17)21(22,23)24/h2-5,10,14H,6-9,11-12,25H2,1H3,(H,26,28)/b13-10+. The number of amides is 2. The lowest BCUT2D eigenvalue weighted by Gasteiger charge is -2.32. The molecule has 10 heteroatoms. The Morgan fingerprint density at radius 1 is 1.32 bits per heavy atom. The number of carbonyl (C=O) groups is 2. The highest BCUT2D eigenvalue weighted by molar-refractivity contribution is 5.93. The smallest absolute Gasteiger partial charge is 0.419 e. The van der Waals surface area contributed by atoms with Crippen molar-refractivity contribution in [3.8, 4) is 5.75 Å². The maximum Gasteiger partial charge on any atom is 0.419 e. The number of piperidine rings is 1. The van der Waals surface area contributed by atoms with E-state index in [0.717, 1.165) is 6.07 Å². The molecule has 0 bridgehead atoms. The Morgan fingerprint density at radius 2 is 2.00 bits per heavy atom. The van der Waals surface area contributed by atoms with Gasteiger partial charge >= 0.3 is 6.18 Å². The molecular formula is C21H24F3N3O4. The van der Waals surface area contributed by atoms with E-state index in [-0.39, 0.29) is 48.3 Å². The number of hydrogen-bond acceptors (Lipinski definition) is 5. The van der Waals surface area contributed by atoms with Crippen LogP contribution >= 0.6 is 0 Å². The molecule has 0 aromatic heterocycles. The molecule has 0 unspecified atom stereocenters. The number of nitrogens with zero attached hydrogens (tertiary/aromatic N) is 1. The molecular weight excluding hydrogens is 415 g/mol. The number of para-hydroxylation sites is 1. The van der Waals surface area contributed by atoms with Crippen LogP contribution in [0.5, 0.6) is 5.75 Å². The zero-order chi connectivity index (χ0) is 22.6. The number of nitrogens with two attached hydrogens (primary N) is 1. The van der Waals surface area contributed by atoms with Crippen molar-refractivity contribution in [2.24, 2.45) is 11.7 Å². The minimum absolute atomic E-state index is 0.0408. The van der Waals surface area contributed by atoms with Crippen molar-refractivity contribution in [2.75, 3.05) is 26.3 Å². The fraction of sp³-hybridized carbons (Fsp3) is 0.429. The summed E-state index contributed by atoms with van der Waals surface area (Å²) < 4.78 is 49.7. The molecule has 1 aromatic rings. The summed E-state index contributed by atoms with van der Waals surface area (Å²) in [7, 11) is 0. The summed E-state index contributed by atoms with van der Waals surface area (Å²) in [5, 5.41) is 2.56. The number of hydrogen-bond donors (Lipinski definition) is 2. The number of benzene rings is 1. The zero-order valence-corrected chi connectivity index (χ0v) is 17.0. The zero-order valence-electron chi connectivity index (χ0n) is 17.0. The fourth-order valence-electron chi connectivity index (χ4n) is 3.44. The summed E-state index contributed by atoms with van der Waals surface area (Å²) in [6.07, 6.45) is -1.79. The van der Waals surface area contributed by atoms with Crippen LogP contribution in [-0.2, 0) is 20.5 Å². The van der Waals surface area contributed by atoms with Crippen LogP contribution in [0.1, 0.15) is 25.3 Å². The van der Waals surface area contributed by atoms with Crippen molar-refractivity contribution in [1.82, 2.24) is 10.2 Å². The minimum atomic E-state index is -4.47. The molecule has 0 spiro atoms. The van der Waals surface area contributed by atoms with Crippen LogP contribution in [0, 0.1) is 5.92 Å². The van der Waals surface area contributed by atoms with E-state index in [1.54, 1.807) is 11.8 Å². The molecule has 1 fully saturated rings. The van der Waals surface area contributed by atoms with Crippen LogP contribution < -0.4 is 15.8 Å². The van der Waals surface area contributed by atoms with Gasteiger partial charge in [-0.2, -0.15) is 13.2 Å². The molecule has 0 saturated carbocycles. The summed E-state index contributed by atoms with van der Waals surface area (Å²) >= 11 is 0. The van der Waals surface area contributed by atoms with E-state index < -0.39 is 11.7 Å². The first-order chi connectivity index (χ1) is 14.6. The Kier molecular flexibility index (Phi) is 6.77. The molecule has 2 amide bonds. The largest absolute Gasteiger partial charge is 0.493 e. The number of likely N-dealkylation sites (tertiary alicyclic amines) is 1. The van der Waals surface area contributed by atoms with Gasteiger partial charge in [-0.15, -0.1) is 0 Å². The molecule has 2 aliphatic rings. The maximum absolute atomic E-state index is 13.1. The highest BCUT2D eigenvalue weighted by Gasteiger charge is 2.34. The second kappa shape index (κ2) is 9.32. The van der Waals surface area contributed by atoms with Crippen LogP contribution in [0.25, 0.3) is 0 Å². The summed E-state index contributed by atoms with van der Waals surface area (Å²) in [5.74, 6) is -0.661. The first-order valence-electron chi connectivity index (χ1n) is 9.84. The molecule has 1 aromatic carbocycles. The van der Waals surface area contributed by atoms with E-state index >= 15 is 0 Å². The number of allylic oxidation sites excluding steroid dienone is 1. The average Bonchev–Trinajstić information content (AvgIpc) is 2.74. The van der Waals surface area contributed by atoms with Gasteiger partial charge in [0, 0.05) is 18.7 Å². The summed E-state index contributed by atoms with van der Waals surface area (Å²) in [5.41, 5.74) is 5.53. The molecule has 168 valence electrons. The Labute approximate surface area is 177 Å². The van der Waals surface area contributed by atoms with Crippen LogP contribution in [0.15, 0.2) is 47.5 Å². The number of rotatable bonds is 5. The van der Waals surface area contributed by atoms with Crippen LogP contribution in [-0.4, -0.2) is 43.0 Å². The third kappa shape index (κ3) is 5.71. The van der Waals surface area contributed by atoms with Crippen molar-refractivity contribution >= 4 is 11.8 Å². The van der Waals surface area contributed by atoms with Gasteiger partial charge in [-0.05, 0) is 43.9 Å². The monoisotopic (exact) mass is 439 g/mol. The van der Waals surface area contributed by atoms with Crippen LogP contribution in [0.2, 0.25) is 0 Å². The predicted octanol–water partition coefficient (Wildman–Crippen LogP) is 2.54. The minimum Gasteiger partial charge on any atom is -0.493 e. The predicted molar refractivity (Wildman–Crippen MR) is 105 cm³/mol. The molecule has 0 radical (unpaired) electrons. The van der Waals surface area contributed by atoms with Gasteiger partial charge in [0.2, 0.25) is 11.8 Å². The lowest BCUT2D eigenvalue weighted by molar-refractivity contribution is -0.139. The SMILES string of the molecule is C/C(=C\C1=C(N)OCC(=O)N1)C(=O)N1CCC(COc2ccccc2C(F)(F)F)CC1. The van der Waals surface area contributed by atoms with Crippen LogP contribution in [0.4, 0.5) is 13.2 Å². The lowest BCUT2D eigenvalue weighted by atomic mass is 9.97. The lowest BCUT2D eigenvalue weighted by Crippen LogP contribution is -2.40. The van der Waals surface area contributed by atoms with Crippen LogP contribution in [0.3, 0.4) is 0 Å². The first kappa shape index (κ1) is 22.5. The third-order valence-corrected chi connectivity index (χ3v) is 5.17. The molecule has 1 saturated heterocycles. The van der Waals surface area contributed by atoms with Gasteiger partial charge in [0.1, 0.15) is 11.4 Å². The first-order valence-corrected chi connectivity index (χ1v) is 9.84. The number of ether oxygens (including phenoxy) is 2. The van der Waals surface area contributed by atoms with E-state index in [0.29, 0.717) is 31.5 Å².